The molecule has 0 aliphatic carbocycles. The van der Waals surface area contributed by atoms with Crippen LogP contribution in [0.5, 0.6) is 0 Å². The molecule has 2 aromatic carbocycles. The molecular weight excluding hydrogens is 395 g/mol. The molecule has 7 heteroatoms. The van der Waals surface area contributed by atoms with Gasteiger partial charge < -0.3 is 9.64 Å². The van der Waals surface area contributed by atoms with Gasteiger partial charge >= 0.3 is 12.1 Å². The Hall–Kier alpha value is -3.09. The Morgan fingerprint density at radius 1 is 1.13 bits per heavy atom. The molecule has 0 bridgehead atoms. The zero-order valence-corrected chi connectivity index (χ0v) is 16.9. The molecule has 1 unspecified atom stereocenters. The Morgan fingerprint density at radius 3 is 2.47 bits per heavy atom. The number of rotatable bonds is 4. The first-order valence-corrected chi connectivity index (χ1v) is 9.44. The molecule has 1 aliphatic heterocycles. The van der Waals surface area contributed by atoms with E-state index in [-0.39, 0.29) is 30.0 Å². The lowest BCUT2D eigenvalue weighted by Gasteiger charge is -2.34. The van der Waals surface area contributed by atoms with Crippen LogP contribution in [0.25, 0.3) is 0 Å². The van der Waals surface area contributed by atoms with Gasteiger partial charge in [0.15, 0.2) is 0 Å². The summed E-state index contributed by atoms with van der Waals surface area (Å²) in [6.07, 6.45) is -4.63. The molecule has 30 heavy (non-hydrogen) atoms. The van der Waals surface area contributed by atoms with Gasteiger partial charge in [-0.25, -0.2) is 4.79 Å². The number of carbonyl (C=O) groups is 2. The largest absolute Gasteiger partial charge is 0.466 e. The lowest BCUT2D eigenvalue weighted by molar-refractivity contribution is -0.138. The van der Waals surface area contributed by atoms with Gasteiger partial charge in [-0.3, -0.25) is 4.79 Å². The summed E-state index contributed by atoms with van der Waals surface area (Å²) >= 11 is 0. The van der Waals surface area contributed by atoms with Gasteiger partial charge in [0.25, 0.3) is 0 Å². The van der Waals surface area contributed by atoms with E-state index in [0.29, 0.717) is 5.70 Å². The van der Waals surface area contributed by atoms with Crippen LogP contribution < -0.4 is 0 Å². The van der Waals surface area contributed by atoms with Crippen molar-refractivity contribution in [1.82, 2.24) is 4.90 Å². The molecule has 0 fully saturated rings. The van der Waals surface area contributed by atoms with Crippen LogP contribution in [0.3, 0.4) is 0 Å². The van der Waals surface area contributed by atoms with Crippen LogP contribution in [-0.4, -0.2) is 23.9 Å². The average molecular weight is 417 g/mol. The van der Waals surface area contributed by atoms with Crippen LogP contribution in [0.1, 0.15) is 41.5 Å². The van der Waals surface area contributed by atoms with Gasteiger partial charge in [-0.1, -0.05) is 48.0 Å². The Balaban J connectivity index is 2.05. The summed E-state index contributed by atoms with van der Waals surface area (Å²) in [4.78, 5) is 27.0. The highest BCUT2D eigenvalue weighted by Gasteiger charge is 2.38. The van der Waals surface area contributed by atoms with E-state index >= 15 is 0 Å². The van der Waals surface area contributed by atoms with Crippen molar-refractivity contribution in [3.63, 3.8) is 0 Å². The van der Waals surface area contributed by atoms with Crippen LogP contribution in [0.4, 0.5) is 13.2 Å². The number of methoxy groups -OCH3 is 1. The Labute approximate surface area is 173 Å². The monoisotopic (exact) mass is 417 g/mol. The fourth-order valence-electron chi connectivity index (χ4n) is 3.79. The SMILES string of the molecule is COC(=O)C1=C(C)N(Cc2cccc(C)c2)C(=O)CC1c1cccc(C(F)(F)F)c1. The van der Waals surface area contributed by atoms with Crippen molar-refractivity contribution < 1.29 is 27.5 Å². The third kappa shape index (κ3) is 4.40. The number of hydrogen-bond acceptors (Lipinski definition) is 3. The zero-order chi connectivity index (χ0) is 22.1. The van der Waals surface area contributed by atoms with Crippen LogP contribution in [0, 0.1) is 6.92 Å². The second-order valence-electron chi connectivity index (χ2n) is 7.34. The third-order valence-corrected chi connectivity index (χ3v) is 5.27. The first-order chi connectivity index (χ1) is 14.1. The van der Waals surface area contributed by atoms with Crippen molar-refractivity contribution in [3.05, 3.63) is 82.1 Å². The van der Waals surface area contributed by atoms with Crippen LogP contribution in [-0.2, 0) is 27.0 Å². The molecule has 0 radical (unpaired) electrons. The fraction of sp³-hybridized carbons (Fsp3) is 0.304. The molecule has 0 saturated carbocycles. The second kappa shape index (κ2) is 8.34. The van der Waals surface area contributed by atoms with Crippen molar-refractivity contribution in [3.8, 4) is 0 Å². The van der Waals surface area contributed by atoms with Gasteiger partial charge in [-0.15, -0.1) is 0 Å². The number of hydrogen-bond donors (Lipinski definition) is 0. The Bertz CT molecular complexity index is 1010. The Morgan fingerprint density at radius 2 is 1.83 bits per heavy atom. The molecule has 2 aromatic rings. The molecule has 1 heterocycles. The smallest absolute Gasteiger partial charge is 0.416 e. The molecule has 3 rings (SSSR count). The van der Waals surface area contributed by atoms with Crippen molar-refractivity contribution in [2.24, 2.45) is 0 Å². The zero-order valence-electron chi connectivity index (χ0n) is 16.9. The van der Waals surface area contributed by atoms with Gasteiger partial charge in [-0.2, -0.15) is 13.2 Å². The summed E-state index contributed by atoms with van der Waals surface area (Å²) in [5.41, 5.74) is 1.95. The number of nitrogens with zero attached hydrogens (tertiary/aromatic N) is 1. The van der Waals surface area contributed by atoms with Gasteiger partial charge in [0.1, 0.15) is 0 Å². The normalized spacial score (nSPS) is 17.3. The number of aryl methyl sites for hydroxylation is 1. The van der Waals surface area contributed by atoms with Crippen molar-refractivity contribution in [2.45, 2.75) is 38.9 Å². The topological polar surface area (TPSA) is 46.6 Å². The standard InChI is InChI=1S/C23H22F3NO3/c1-14-6-4-7-16(10-14)13-27-15(2)21(22(29)30-3)19(12-20(27)28)17-8-5-9-18(11-17)23(24,25)26/h4-11,19H,12-13H2,1-3H3. The highest BCUT2D eigenvalue weighted by atomic mass is 19.4. The number of carbonyl (C=O) groups excluding carboxylic acids is 2. The molecule has 0 aromatic heterocycles. The van der Waals surface area contributed by atoms with Gasteiger partial charge in [0.05, 0.1) is 24.8 Å². The van der Waals surface area contributed by atoms with Crippen LogP contribution in [0.15, 0.2) is 59.8 Å². The van der Waals surface area contributed by atoms with E-state index in [1.165, 1.54) is 24.1 Å². The van der Waals surface area contributed by atoms with E-state index in [2.05, 4.69) is 0 Å². The molecule has 1 aliphatic rings. The number of benzene rings is 2. The minimum absolute atomic E-state index is 0.116. The number of allylic oxidation sites excluding steroid dienone is 1. The summed E-state index contributed by atoms with van der Waals surface area (Å²) in [6, 6.07) is 12.4. The summed E-state index contributed by atoms with van der Waals surface area (Å²) in [5.74, 6) is -1.72. The molecule has 1 atom stereocenters. The first-order valence-electron chi connectivity index (χ1n) is 9.44. The summed E-state index contributed by atoms with van der Waals surface area (Å²) in [5, 5.41) is 0. The van der Waals surface area contributed by atoms with E-state index in [9.17, 15) is 22.8 Å². The van der Waals surface area contributed by atoms with E-state index in [0.717, 1.165) is 23.3 Å². The van der Waals surface area contributed by atoms with Gasteiger partial charge in [0, 0.05) is 18.0 Å². The fourth-order valence-corrected chi connectivity index (χ4v) is 3.79. The molecular formula is C23H22F3NO3. The number of amides is 1. The summed E-state index contributed by atoms with van der Waals surface area (Å²) in [7, 11) is 1.22. The van der Waals surface area contributed by atoms with E-state index in [1.54, 1.807) is 6.92 Å². The minimum atomic E-state index is -4.52. The molecule has 0 saturated heterocycles. The van der Waals surface area contributed by atoms with Gasteiger partial charge in [0.2, 0.25) is 5.91 Å². The predicted molar refractivity (Wildman–Crippen MR) is 105 cm³/mol. The lowest BCUT2D eigenvalue weighted by atomic mass is 9.83. The quantitative estimate of drug-likeness (QED) is 0.660. The third-order valence-electron chi connectivity index (χ3n) is 5.27. The van der Waals surface area contributed by atoms with Crippen LogP contribution >= 0.6 is 0 Å². The van der Waals surface area contributed by atoms with E-state index in [4.69, 9.17) is 4.74 Å². The maximum absolute atomic E-state index is 13.2. The minimum Gasteiger partial charge on any atom is -0.466 e. The summed E-state index contributed by atoms with van der Waals surface area (Å²) < 4.78 is 44.4. The molecule has 0 spiro atoms. The molecule has 158 valence electrons. The number of esters is 1. The second-order valence-corrected chi connectivity index (χ2v) is 7.34. The van der Waals surface area contributed by atoms with Crippen molar-refractivity contribution in [1.29, 1.82) is 0 Å². The average Bonchev–Trinajstić information content (AvgIpc) is 2.69. The highest BCUT2D eigenvalue weighted by molar-refractivity contribution is 5.95. The van der Waals surface area contributed by atoms with E-state index in [1.807, 2.05) is 31.2 Å². The highest BCUT2D eigenvalue weighted by Crippen LogP contribution is 2.39. The predicted octanol–water partition coefficient (Wildman–Crippen LogP) is 4.98. The first kappa shape index (κ1) is 21.6. The number of alkyl halides is 3. The van der Waals surface area contributed by atoms with E-state index < -0.39 is 23.6 Å². The van der Waals surface area contributed by atoms with Gasteiger partial charge in [-0.05, 0) is 31.0 Å². The maximum atomic E-state index is 13.2. The summed E-state index contributed by atoms with van der Waals surface area (Å²) in [6.45, 7) is 3.83. The number of ether oxygens (including phenoxy) is 1. The molecule has 1 amide bonds. The van der Waals surface area contributed by atoms with Crippen molar-refractivity contribution >= 4 is 11.9 Å². The lowest BCUT2D eigenvalue weighted by Crippen LogP contribution is -2.38. The maximum Gasteiger partial charge on any atom is 0.416 e. The van der Waals surface area contributed by atoms with Crippen molar-refractivity contribution in [2.75, 3.05) is 7.11 Å². The van der Waals surface area contributed by atoms with Crippen LogP contribution in [0.2, 0.25) is 0 Å². The Kier molecular flexibility index (Phi) is 6.01. The molecule has 4 nitrogen and oxygen atoms in total. The molecule has 0 N–H and O–H groups in total. The number of halogens is 3.